The van der Waals surface area contributed by atoms with Crippen LogP contribution in [-0.4, -0.2) is 22.4 Å². The lowest BCUT2D eigenvalue weighted by Crippen LogP contribution is -2.10. The molecule has 1 heterocycles. The number of phenols is 3. The summed E-state index contributed by atoms with van der Waals surface area (Å²) in [7, 11) is 1.36. The Morgan fingerprint density at radius 1 is 0.970 bits per heavy atom. The molecule has 0 atom stereocenters. The number of hydrogen-bond donors (Lipinski definition) is 3. The summed E-state index contributed by atoms with van der Waals surface area (Å²) in [6.07, 6.45) is 4.37. The lowest BCUT2D eigenvalue weighted by atomic mass is 9.96. The highest BCUT2D eigenvalue weighted by atomic mass is 16.5. The molecule has 0 aliphatic rings. The third-order valence-corrected chi connectivity index (χ3v) is 5.53. The molecule has 174 valence electrons. The Bertz CT molecular complexity index is 1330. The maximum absolute atomic E-state index is 13.5. The van der Waals surface area contributed by atoms with Crippen LogP contribution in [0, 0.1) is 6.92 Å². The summed E-state index contributed by atoms with van der Waals surface area (Å²) in [5.74, 6) is -0.204. The quantitative estimate of drug-likeness (QED) is 0.404. The summed E-state index contributed by atoms with van der Waals surface area (Å²) in [4.78, 5) is 13.5. The standard InChI is InChI=1S/C27H30O6/c1-14(2)7-10-18-22(29)19(11-8-15(3)4)26-21(23(18)30)24(31)27(32-6)25(33-26)17-9-12-20(28)16(5)13-17/h7-9,12-13,28-30H,10-11H2,1-6H3. The van der Waals surface area contributed by atoms with Crippen molar-refractivity contribution >= 4 is 11.0 Å². The van der Waals surface area contributed by atoms with E-state index in [1.807, 2.05) is 39.8 Å². The monoisotopic (exact) mass is 450 g/mol. The van der Waals surface area contributed by atoms with Gasteiger partial charge >= 0.3 is 0 Å². The molecule has 0 bridgehead atoms. The molecule has 0 saturated heterocycles. The third-order valence-electron chi connectivity index (χ3n) is 5.53. The van der Waals surface area contributed by atoms with Crippen LogP contribution in [0.4, 0.5) is 0 Å². The fraction of sp³-hybridized carbons (Fsp3) is 0.296. The predicted octanol–water partition coefficient (Wildman–Crippen LogP) is 5.91. The molecule has 3 rings (SSSR count). The molecule has 0 saturated carbocycles. The van der Waals surface area contributed by atoms with E-state index in [-0.39, 0.29) is 51.7 Å². The van der Waals surface area contributed by atoms with E-state index in [1.165, 1.54) is 13.2 Å². The summed E-state index contributed by atoms with van der Waals surface area (Å²) in [6, 6.07) is 4.81. The molecule has 6 heteroatoms. The molecule has 1 aromatic heterocycles. The van der Waals surface area contributed by atoms with Gasteiger partial charge in [-0.05, 0) is 71.2 Å². The van der Waals surface area contributed by atoms with Crippen molar-refractivity contribution in [2.75, 3.05) is 7.11 Å². The van der Waals surface area contributed by atoms with Crippen LogP contribution in [0.3, 0.4) is 0 Å². The Morgan fingerprint density at radius 3 is 2.12 bits per heavy atom. The molecule has 0 radical (unpaired) electrons. The van der Waals surface area contributed by atoms with Gasteiger partial charge in [-0.3, -0.25) is 4.79 Å². The molecule has 2 aromatic carbocycles. The first-order valence-corrected chi connectivity index (χ1v) is 10.7. The second-order valence-electron chi connectivity index (χ2n) is 8.62. The van der Waals surface area contributed by atoms with Crippen molar-refractivity contribution < 1.29 is 24.5 Å². The molecule has 0 spiro atoms. The number of allylic oxidation sites excluding steroid dienone is 4. The zero-order valence-electron chi connectivity index (χ0n) is 19.9. The lowest BCUT2D eigenvalue weighted by molar-refractivity contribution is 0.396. The van der Waals surface area contributed by atoms with Crippen LogP contribution in [0.25, 0.3) is 22.3 Å². The molecule has 0 aliphatic heterocycles. The SMILES string of the molecule is COc1c(-c2ccc(O)c(C)c2)oc2c(CC=C(C)C)c(O)c(CC=C(C)C)c(O)c2c1=O. The number of hydrogen-bond acceptors (Lipinski definition) is 6. The zero-order valence-corrected chi connectivity index (χ0v) is 19.9. The Morgan fingerprint density at radius 2 is 1.58 bits per heavy atom. The lowest BCUT2D eigenvalue weighted by Gasteiger charge is -2.16. The van der Waals surface area contributed by atoms with E-state index in [1.54, 1.807) is 19.1 Å². The van der Waals surface area contributed by atoms with E-state index in [2.05, 4.69) is 0 Å². The van der Waals surface area contributed by atoms with Crippen LogP contribution in [0.5, 0.6) is 23.0 Å². The molecule has 3 aromatic rings. The van der Waals surface area contributed by atoms with Crippen molar-refractivity contribution in [2.45, 2.75) is 47.5 Å². The number of aryl methyl sites for hydroxylation is 1. The summed E-state index contributed by atoms with van der Waals surface area (Å²) in [5.41, 5.74) is 3.44. The number of methoxy groups -OCH3 is 1. The van der Waals surface area contributed by atoms with Gasteiger partial charge in [-0.15, -0.1) is 0 Å². The second kappa shape index (κ2) is 9.45. The average Bonchev–Trinajstić information content (AvgIpc) is 2.74. The molecule has 33 heavy (non-hydrogen) atoms. The van der Waals surface area contributed by atoms with E-state index in [0.717, 1.165) is 11.1 Å². The highest BCUT2D eigenvalue weighted by Crippen LogP contribution is 2.43. The first-order chi connectivity index (χ1) is 15.6. The zero-order chi connectivity index (χ0) is 24.4. The predicted molar refractivity (Wildman–Crippen MR) is 130 cm³/mol. The molecule has 6 nitrogen and oxygen atoms in total. The van der Waals surface area contributed by atoms with Gasteiger partial charge in [0.05, 0.1) is 7.11 Å². The van der Waals surface area contributed by atoms with Crippen LogP contribution < -0.4 is 10.2 Å². The van der Waals surface area contributed by atoms with Gasteiger partial charge in [0.2, 0.25) is 11.2 Å². The van der Waals surface area contributed by atoms with E-state index in [9.17, 15) is 20.1 Å². The van der Waals surface area contributed by atoms with Crippen LogP contribution in [0.2, 0.25) is 0 Å². The number of benzene rings is 2. The minimum Gasteiger partial charge on any atom is -0.508 e. The maximum Gasteiger partial charge on any atom is 0.239 e. The van der Waals surface area contributed by atoms with E-state index in [0.29, 0.717) is 23.1 Å². The van der Waals surface area contributed by atoms with Gasteiger partial charge in [0.1, 0.15) is 28.2 Å². The van der Waals surface area contributed by atoms with E-state index < -0.39 is 5.43 Å². The Labute approximate surface area is 193 Å². The van der Waals surface area contributed by atoms with Crippen molar-refractivity contribution in [3.05, 3.63) is 68.4 Å². The number of fused-ring (bicyclic) bond motifs is 1. The van der Waals surface area contributed by atoms with Crippen molar-refractivity contribution in [3.63, 3.8) is 0 Å². The van der Waals surface area contributed by atoms with Crippen LogP contribution in [-0.2, 0) is 12.8 Å². The van der Waals surface area contributed by atoms with E-state index >= 15 is 0 Å². The average molecular weight is 451 g/mol. The molecule has 0 aliphatic carbocycles. The van der Waals surface area contributed by atoms with Crippen molar-refractivity contribution in [1.29, 1.82) is 0 Å². The fourth-order valence-electron chi connectivity index (χ4n) is 3.67. The molecular formula is C27H30O6. The summed E-state index contributed by atoms with van der Waals surface area (Å²) in [6.45, 7) is 9.45. The Balaban J connectivity index is 2.47. The van der Waals surface area contributed by atoms with Crippen LogP contribution in [0.15, 0.2) is 50.7 Å². The highest BCUT2D eigenvalue weighted by Gasteiger charge is 2.26. The van der Waals surface area contributed by atoms with Gasteiger partial charge in [-0.25, -0.2) is 0 Å². The Kier molecular flexibility index (Phi) is 6.86. The van der Waals surface area contributed by atoms with Gasteiger partial charge in [-0.2, -0.15) is 0 Å². The number of ether oxygens (including phenoxy) is 1. The topological polar surface area (TPSA) is 100 Å². The number of rotatable bonds is 6. The molecule has 3 N–H and O–H groups in total. The van der Waals surface area contributed by atoms with Gasteiger partial charge < -0.3 is 24.5 Å². The van der Waals surface area contributed by atoms with Crippen molar-refractivity contribution in [1.82, 2.24) is 0 Å². The first kappa shape index (κ1) is 24.0. The molecular weight excluding hydrogens is 420 g/mol. The molecule has 0 amide bonds. The van der Waals surface area contributed by atoms with Crippen molar-refractivity contribution in [3.8, 4) is 34.3 Å². The molecule has 0 fully saturated rings. The van der Waals surface area contributed by atoms with Gasteiger partial charge in [0.25, 0.3) is 0 Å². The Hall–Kier alpha value is -3.67. The van der Waals surface area contributed by atoms with E-state index in [4.69, 9.17) is 9.15 Å². The highest BCUT2D eigenvalue weighted by molar-refractivity contribution is 5.93. The minimum atomic E-state index is -0.533. The maximum atomic E-state index is 13.5. The first-order valence-electron chi connectivity index (χ1n) is 10.7. The van der Waals surface area contributed by atoms with Gasteiger partial charge in [0.15, 0.2) is 5.76 Å². The minimum absolute atomic E-state index is 0.0294. The van der Waals surface area contributed by atoms with Gasteiger partial charge in [-0.1, -0.05) is 23.3 Å². The summed E-state index contributed by atoms with van der Waals surface area (Å²) < 4.78 is 11.6. The van der Waals surface area contributed by atoms with Crippen LogP contribution in [0.1, 0.15) is 44.4 Å². The third kappa shape index (κ3) is 4.60. The van der Waals surface area contributed by atoms with Gasteiger partial charge in [0, 0.05) is 16.7 Å². The van der Waals surface area contributed by atoms with Crippen molar-refractivity contribution in [2.24, 2.45) is 0 Å². The number of aromatic hydroxyl groups is 3. The number of phenolic OH excluding ortho intramolecular Hbond substituents is 3. The fourth-order valence-corrected chi connectivity index (χ4v) is 3.67. The molecule has 0 unspecified atom stereocenters. The largest absolute Gasteiger partial charge is 0.508 e. The normalized spacial score (nSPS) is 10.8. The summed E-state index contributed by atoms with van der Waals surface area (Å²) in [5, 5.41) is 32.0. The van der Waals surface area contributed by atoms with Crippen LogP contribution >= 0.6 is 0 Å². The second-order valence-corrected chi connectivity index (χ2v) is 8.62. The summed E-state index contributed by atoms with van der Waals surface area (Å²) >= 11 is 0. The smallest absolute Gasteiger partial charge is 0.239 e.